The number of alkyl halides is 6. The summed E-state index contributed by atoms with van der Waals surface area (Å²) in [7, 11) is 0. The third-order valence-electron chi connectivity index (χ3n) is 5.41. The lowest BCUT2D eigenvalue weighted by atomic mass is 9.90. The van der Waals surface area contributed by atoms with Crippen molar-refractivity contribution < 1.29 is 26.3 Å². The fraction of sp³-hybridized carbons (Fsp3) is 0.455. The van der Waals surface area contributed by atoms with Crippen molar-refractivity contribution in [2.45, 2.75) is 63.2 Å². The highest BCUT2D eigenvalue weighted by Crippen LogP contribution is 2.30. The van der Waals surface area contributed by atoms with Gasteiger partial charge in [-0.05, 0) is 36.1 Å². The maximum absolute atomic E-state index is 12.9. The Bertz CT molecular complexity index is 772. The van der Waals surface area contributed by atoms with Gasteiger partial charge in [-0.25, -0.2) is 0 Å². The lowest BCUT2D eigenvalue weighted by molar-refractivity contribution is -0.138. The summed E-state index contributed by atoms with van der Waals surface area (Å²) in [6.07, 6.45) is -5.03. The molecule has 0 amide bonds. The number of hydrogen-bond donors (Lipinski definition) is 2. The molecule has 0 spiro atoms. The minimum atomic E-state index is -4.38. The molecule has 0 bridgehead atoms. The first-order chi connectivity index (χ1) is 14.1. The molecule has 2 N–H and O–H groups in total. The minimum Gasteiger partial charge on any atom is -0.308 e. The second-order valence-electron chi connectivity index (χ2n) is 7.66. The van der Waals surface area contributed by atoms with Gasteiger partial charge < -0.3 is 10.6 Å². The van der Waals surface area contributed by atoms with Crippen LogP contribution in [0, 0.1) is 0 Å². The van der Waals surface area contributed by atoms with Crippen LogP contribution in [-0.2, 0) is 25.4 Å². The van der Waals surface area contributed by atoms with E-state index in [0.717, 1.165) is 49.9 Å². The van der Waals surface area contributed by atoms with E-state index >= 15 is 0 Å². The number of halogens is 8. The maximum atomic E-state index is 12.9. The van der Waals surface area contributed by atoms with Crippen LogP contribution in [0.4, 0.5) is 26.3 Å². The van der Waals surface area contributed by atoms with Crippen LogP contribution in [0.15, 0.2) is 48.5 Å². The quantitative estimate of drug-likeness (QED) is 0.426. The summed E-state index contributed by atoms with van der Waals surface area (Å²) in [4.78, 5) is 0. The van der Waals surface area contributed by atoms with Gasteiger partial charge in [0.25, 0.3) is 0 Å². The van der Waals surface area contributed by atoms with Crippen molar-refractivity contribution in [1.82, 2.24) is 10.6 Å². The zero-order chi connectivity index (χ0) is 21.8. The van der Waals surface area contributed by atoms with Gasteiger partial charge in [0.2, 0.25) is 0 Å². The summed E-state index contributed by atoms with van der Waals surface area (Å²) in [5.41, 5.74) is -0.256. The molecule has 1 aliphatic rings. The van der Waals surface area contributed by atoms with Crippen LogP contribution in [0.1, 0.15) is 47.9 Å². The van der Waals surface area contributed by atoms with Crippen LogP contribution >= 0.6 is 24.8 Å². The van der Waals surface area contributed by atoms with Crippen LogP contribution in [0.5, 0.6) is 0 Å². The van der Waals surface area contributed by atoms with Crippen LogP contribution in [0.3, 0.4) is 0 Å². The van der Waals surface area contributed by atoms with Crippen LogP contribution in [0.25, 0.3) is 0 Å². The van der Waals surface area contributed by atoms with Crippen molar-refractivity contribution in [2.24, 2.45) is 0 Å². The summed E-state index contributed by atoms with van der Waals surface area (Å²) in [6, 6.07) is 10.5. The summed E-state index contributed by atoms with van der Waals surface area (Å²) >= 11 is 0. The van der Waals surface area contributed by atoms with E-state index in [9.17, 15) is 26.3 Å². The molecule has 0 aliphatic heterocycles. The fourth-order valence-corrected chi connectivity index (χ4v) is 3.83. The predicted molar refractivity (Wildman–Crippen MR) is 117 cm³/mol. The third kappa shape index (κ3) is 8.14. The first-order valence-electron chi connectivity index (χ1n) is 9.92. The van der Waals surface area contributed by atoms with Gasteiger partial charge in [-0.1, -0.05) is 49.2 Å². The Morgan fingerprint density at radius 3 is 1.38 bits per heavy atom. The molecular weight excluding hydrogens is 477 g/mol. The van der Waals surface area contributed by atoms with Gasteiger partial charge in [-0.2, -0.15) is 26.3 Å². The van der Waals surface area contributed by atoms with Crippen LogP contribution in [-0.4, -0.2) is 12.1 Å². The molecule has 3 rings (SSSR count). The Morgan fingerprint density at radius 1 is 0.656 bits per heavy atom. The molecule has 2 aromatic carbocycles. The van der Waals surface area contributed by atoms with Gasteiger partial charge in [0.05, 0.1) is 11.1 Å². The van der Waals surface area contributed by atoms with Crippen LogP contribution < -0.4 is 10.6 Å². The first-order valence-corrected chi connectivity index (χ1v) is 9.92. The molecule has 2 atom stereocenters. The van der Waals surface area contributed by atoms with Gasteiger partial charge in [0.1, 0.15) is 0 Å². The highest BCUT2D eigenvalue weighted by atomic mass is 35.5. The number of benzene rings is 2. The minimum absolute atomic E-state index is 0. The fourth-order valence-electron chi connectivity index (χ4n) is 3.83. The van der Waals surface area contributed by atoms with E-state index in [-0.39, 0.29) is 36.9 Å². The smallest absolute Gasteiger partial charge is 0.308 e. The first kappa shape index (κ1) is 28.6. The number of hydrogen-bond acceptors (Lipinski definition) is 2. The van der Waals surface area contributed by atoms with E-state index in [1.165, 1.54) is 12.1 Å². The summed E-state index contributed by atoms with van der Waals surface area (Å²) in [6.45, 7) is 0.604. The van der Waals surface area contributed by atoms with Gasteiger partial charge >= 0.3 is 12.4 Å². The molecule has 0 aromatic heterocycles. The molecule has 0 radical (unpaired) electrons. The Labute approximate surface area is 196 Å². The molecule has 1 saturated carbocycles. The van der Waals surface area contributed by atoms with Crippen molar-refractivity contribution in [2.75, 3.05) is 0 Å². The highest BCUT2D eigenvalue weighted by molar-refractivity contribution is 5.85. The van der Waals surface area contributed by atoms with E-state index in [0.29, 0.717) is 24.2 Å². The average Bonchev–Trinajstić information content (AvgIpc) is 2.70. The second-order valence-corrected chi connectivity index (χ2v) is 7.66. The van der Waals surface area contributed by atoms with E-state index < -0.39 is 23.5 Å². The molecule has 32 heavy (non-hydrogen) atoms. The van der Waals surface area contributed by atoms with E-state index in [2.05, 4.69) is 10.6 Å². The summed E-state index contributed by atoms with van der Waals surface area (Å²) in [5.74, 6) is 0. The Balaban J connectivity index is 0.00000256. The second kappa shape index (κ2) is 12.1. The van der Waals surface area contributed by atoms with Crippen molar-refractivity contribution >= 4 is 24.8 Å². The van der Waals surface area contributed by atoms with E-state index in [1.807, 2.05) is 0 Å². The van der Waals surface area contributed by atoms with Gasteiger partial charge in [-0.3, -0.25) is 0 Å². The normalized spacial score (nSPS) is 19.1. The van der Waals surface area contributed by atoms with E-state index in [1.54, 1.807) is 12.1 Å². The van der Waals surface area contributed by atoms with Crippen molar-refractivity contribution in [3.05, 3.63) is 70.8 Å². The van der Waals surface area contributed by atoms with E-state index in [4.69, 9.17) is 0 Å². The van der Waals surface area contributed by atoms with Crippen molar-refractivity contribution in [1.29, 1.82) is 0 Å². The molecule has 10 heteroatoms. The molecule has 0 saturated heterocycles. The van der Waals surface area contributed by atoms with Gasteiger partial charge in [0, 0.05) is 25.2 Å². The van der Waals surface area contributed by atoms with Crippen molar-refractivity contribution in [3.8, 4) is 0 Å². The number of nitrogens with one attached hydrogen (secondary N) is 2. The lowest BCUT2D eigenvalue weighted by Crippen LogP contribution is -2.49. The lowest BCUT2D eigenvalue weighted by Gasteiger charge is -2.33. The SMILES string of the molecule is Cl.Cl.FC(F)(F)c1cccc(CN[C@H]2CCCC[C@@H]2NCc2cccc(C(F)(F)F)c2)c1. The molecule has 0 heterocycles. The Morgan fingerprint density at radius 2 is 1.03 bits per heavy atom. The topological polar surface area (TPSA) is 24.1 Å². The molecular formula is C22H26Cl2F6N2. The monoisotopic (exact) mass is 502 g/mol. The highest BCUT2D eigenvalue weighted by Gasteiger charge is 2.31. The Hall–Kier alpha value is -1.48. The molecule has 0 unspecified atom stereocenters. The van der Waals surface area contributed by atoms with Gasteiger partial charge in [0.15, 0.2) is 0 Å². The Kier molecular flexibility index (Phi) is 10.8. The molecule has 1 fully saturated rings. The summed E-state index contributed by atoms with van der Waals surface area (Å²) < 4.78 is 77.3. The van der Waals surface area contributed by atoms with Crippen LogP contribution in [0.2, 0.25) is 0 Å². The van der Waals surface area contributed by atoms with Crippen molar-refractivity contribution in [3.63, 3.8) is 0 Å². The average molecular weight is 503 g/mol. The largest absolute Gasteiger partial charge is 0.416 e. The van der Waals surface area contributed by atoms with Gasteiger partial charge in [-0.15, -0.1) is 24.8 Å². The zero-order valence-corrected chi connectivity index (χ0v) is 18.7. The maximum Gasteiger partial charge on any atom is 0.416 e. The molecule has 1 aliphatic carbocycles. The molecule has 2 aromatic rings. The number of rotatable bonds is 6. The third-order valence-corrected chi connectivity index (χ3v) is 5.41. The summed E-state index contributed by atoms with van der Waals surface area (Å²) in [5, 5.41) is 6.66. The zero-order valence-electron chi connectivity index (χ0n) is 17.1. The molecule has 180 valence electrons. The predicted octanol–water partition coefficient (Wildman–Crippen LogP) is 6.76. The standard InChI is InChI=1S/C22H24F6N2.2ClH/c23-21(24,25)17-7-3-5-15(11-17)13-29-19-9-1-2-10-20(19)30-14-16-6-4-8-18(12-16)22(26,27)28;;/h3-8,11-12,19-20,29-30H,1-2,9-10,13-14H2;2*1H/t19-,20-;;/m0../s1. The molecule has 2 nitrogen and oxygen atoms in total.